The van der Waals surface area contributed by atoms with E-state index in [9.17, 15) is 4.79 Å². The molecule has 0 radical (unpaired) electrons. The van der Waals surface area contributed by atoms with E-state index >= 15 is 0 Å². The first-order valence-electron chi connectivity index (χ1n) is 10.1. The zero-order chi connectivity index (χ0) is 21.4. The van der Waals surface area contributed by atoms with Gasteiger partial charge in [0.1, 0.15) is 5.52 Å². The van der Waals surface area contributed by atoms with Crippen molar-refractivity contribution >= 4 is 32.7 Å². The van der Waals surface area contributed by atoms with Crippen LogP contribution in [-0.4, -0.2) is 45.3 Å². The van der Waals surface area contributed by atoms with Crippen LogP contribution < -0.4 is 5.32 Å². The number of aromatic nitrogens is 4. The molecule has 1 aliphatic heterocycles. The summed E-state index contributed by atoms with van der Waals surface area (Å²) in [5.74, 6) is 0.428. The second-order valence-electron chi connectivity index (χ2n) is 7.50. The van der Waals surface area contributed by atoms with Gasteiger partial charge in [0.15, 0.2) is 11.5 Å². The Morgan fingerprint density at radius 2 is 2.10 bits per heavy atom. The third-order valence-electron chi connectivity index (χ3n) is 5.43. The van der Waals surface area contributed by atoms with E-state index in [0.717, 1.165) is 46.1 Å². The van der Waals surface area contributed by atoms with Crippen LogP contribution >= 0.6 is 15.9 Å². The zero-order valence-corrected chi connectivity index (χ0v) is 18.4. The van der Waals surface area contributed by atoms with Crippen molar-refractivity contribution < 1.29 is 14.1 Å². The molecule has 158 valence electrons. The van der Waals surface area contributed by atoms with Crippen molar-refractivity contribution in [3.05, 3.63) is 58.3 Å². The lowest BCUT2D eigenvalue weighted by Crippen LogP contribution is -2.32. The Bertz CT molecular complexity index is 1240. The number of hydrogen-bond donors (Lipinski definition) is 1. The molecule has 0 saturated carbocycles. The summed E-state index contributed by atoms with van der Waals surface area (Å²) in [5.41, 5.74) is 3.40. The van der Waals surface area contributed by atoms with Crippen LogP contribution in [0.1, 0.15) is 29.0 Å². The van der Waals surface area contributed by atoms with Gasteiger partial charge in [-0.15, -0.1) is 5.10 Å². The molecule has 4 aromatic rings. The summed E-state index contributed by atoms with van der Waals surface area (Å²) < 4.78 is 13.8. The summed E-state index contributed by atoms with van der Waals surface area (Å²) in [7, 11) is 0. The fourth-order valence-electron chi connectivity index (χ4n) is 3.75. The van der Waals surface area contributed by atoms with Gasteiger partial charge in [-0.05, 0) is 62.2 Å². The van der Waals surface area contributed by atoms with Crippen LogP contribution in [0.5, 0.6) is 0 Å². The van der Waals surface area contributed by atoms with Crippen LogP contribution in [0, 0.1) is 6.92 Å². The van der Waals surface area contributed by atoms with Gasteiger partial charge >= 0.3 is 0 Å². The van der Waals surface area contributed by atoms with Crippen molar-refractivity contribution in [2.75, 3.05) is 13.2 Å². The van der Waals surface area contributed by atoms with E-state index < -0.39 is 0 Å². The fourth-order valence-corrected chi connectivity index (χ4v) is 4.01. The van der Waals surface area contributed by atoms with Crippen molar-refractivity contribution in [2.45, 2.75) is 25.9 Å². The smallest absolute Gasteiger partial charge is 0.273 e. The van der Waals surface area contributed by atoms with Crippen molar-refractivity contribution in [1.29, 1.82) is 0 Å². The number of carbonyl (C=O) groups is 1. The minimum absolute atomic E-state index is 0.0762. The average molecular weight is 482 g/mol. The van der Waals surface area contributed by atoms with E-state index in [1.807, 2.05) is 49.4 Å². The second kappa shape index (κ2) is 8.24. The highest BCUT2D eigenvalue weighted by molar-refractivity contribution is 9.10. The van der Waals surface area contributed by atoms with Gasteiger partial charge in [0, 0.05) is 23.2 Å². The van der Waals surface area contributed by atoms with Crippen molar-refractivity contribution in [3.8, 4) is 17.0 Å². The number of rotatable bonds is 5. The lowest BCUT2D eigenvalue weighted by molar-refractivity contribution is 0.0853. The average Bonchev–Trinajstić information content (AvgIpc) is 3.52. The summed E-state index contributed by atoms with van der Waals surface area (Å²) in [6.45, 7) is 3.06. The number of carbonyl (C=O) groups excluding carboxylic acids is 1. The summed E-state index contributed by atoms with van der Waals surface area (Å²) in [4.78, 5) is 12.6. The van der Waals surface area contributed by atoms with Crippen LogP contribution in [0.2, 0.25) is 0 Å². The minimum atomic E-state index is -0.249. The van der Waals surface area contributed by atoms with Gasteiger partial charge in [-0.2, -0.15) is 0 Å². The quantitative estimate of drug-likeness (QED) is 0.461. The Balaban J connectivity index is 1.43. The number of hydrogen-bond acceptors (Lipinski definition) is 6. The standard InChI is InChI=1S/C22H20BrN5O3/c1-13-20(22(29)24-12-17-3-2-10-30-17)25-27-28(13)16-8-9-19-18(11-16)21(31-26-19)14-4-6-15(23)7-5-14/h4-9,11,17H,2-3,10,12H2,1H3,(H,24,29). The molecule has 1 atom stereocenters. The van der Waals surface area contributed by atoms with E-state index in [4.69, 9.17) is 9.26 Å². The van der Waals surface area contributed by atoms with E-state index in [2.05, 4.69) is 36.7 Å². The lowest BCUT2D eigenvalue weighted by Gasteiger charge is -2.10. The molecule has 1 N–H and O–H groups in total. The molecule has 1 saturated heterocycles. The lowest BCUT2D eigenvalue weighted by atomic mass is 10.1. The maximum Gasteiger partial charge on any atom is 0.273 e. The predicted molar refractivity (Wildman–Crippen MR) is 118 cm³/mol. The Hall–Kier alpha value is -3.04. The summed E-state index contributed by atoms with van der Waals surface area (Å²) >= 11 is 3.45. The van der Waals surface area contributed by atoms with Gasteiger partial charge < -0.3 is 14.6 Å². The number of ether oxygens (including phenoxy) is 1. The number of nitrogens with one attached hydrogen (secondary N) is 1. The molecule has 0 spiro atoms. The Kier molecular flexibility index (Phi) is 5.29. The van der Waals surface area contributed by atoms with E-state index in [1.165, 1.54) is 0 Å². The molecule has 5 rings (SSSR count). The van der Waals surface area contributed by atoms with Gasteiger partial charge in [0.2, 0.25) is 0 Å². The van der Waals surface area contributed by atoms with E-state index in [0.29, 0.717) is 23.7 Å². The van der Waals surface area contributed by atoms with Crippen LogP contribution in [-0.2, 0) is 4.74 Å². The normalized spacial score (nSPS) is 16.1. The number of benzene rings is 2. The second-order valence-corrected chi connectivity index (χ2v) is 8.42. The highest BCUT2D eigenvalue weighted by Crippen LogP contribution is 2.31. The van der Waals surface area contributed by atoms with Crippen molar-refractivity contribution in [1.82, 2.24) is 25.5 Å². The maximum absolute atomic E-state index is 12.6. The third kappa shape index (κ3) is 3.86. The monoisotopic (exact) mass is 481 g/mol. The van der Waals surface area contributed by atoms with Crippen LogP contribution in [0.25, 0.3) is 27.9 Å². The molecule has 1 unspecified atom stereocenters. The zero-order valence-electron chi connectivity index (χ0n) is 16.8. The summed E-state index contributed by atoms with van der Waals surface area (Å²) in [6.07, 6.45) is 2.07. The molecule has 1 amide bonds. The number of halogens is 1. The summed E-state index contributed by atoms with van der Waals surface area (Å²) in [6, 6.07) is 13.5. The van der Waals surface area contributed by atoms with Crippen molar-refractivity contribution in [3.63, 3.8) is 0 Å². The minimum Gasteiger partial charge on any atom is -0.376 e. The molecular weight excluding hydrogens is 462 g/mol. The first-order chi connectivity index (χ1) is 15.1. The van der Waals surface area contributed by atoms with Gasteiger partial charge in [0.05, 0.1) is 22.9 Å². The van der Waals surface area contributed by atoms with Gasteiger partial charge in [-0.3, -0.25) is 4.79 Å². The summed E-state index contributed by atoms with van der Waals surface area (Å²) in [5, 5.41) is 16.2. The SMILES string of the molecule is Cc1c(C(=O)NCC2CCCO2)nnn1-c1ccc2noc(-c3ccc(Br)cc3)c2c1. The van der Waals surface area contributed by atoms with Crippen LogP contribution in [0.4, 0.5) is 0 Å². The number of amides is 1. The Labute approximate surface area is 186 Å². The number of nitrogens with zero attached hydrogens (tertiary/aromatic N) is 4. The van der Waals surface area contributed by atoms with Crippen LogP contribution in [0.3, 0.4) is 0 Å². The molecule has 1 aliphatic rings. The van der Waals surface area contributed by atoms with Gasteiger partial charge in [-0.1, -0.05) is 26.3 Å². The van der Waals surface area contributed by atoms with Crippen LogP contribution in [0.15, 0.2) is 51.5 Å². The molecule has 31 heavy (non-hydrogen) atoms. The number of fused-ring (bicyclic) bond motifs is 1. The fraction of sp³-hybridized carbons (Fsp3) is 0.273. The molecule has 3 heterocycles. The Morgan fingerprint density at radius 3 is 2.87 bits per heavy atom. The first kappa shape index (κ1) is 19.9. The molecule has 0 bridgehead atoms. The topological polar surface area (TPSA) is 95.1 Å². The third-order valence-corrected chi connectivity index (χ3v) is 5.96. The van der Waals surface area contributed by atoms with Crippen molar-refractivity contribution in [2.24, 2.45) is 0 Å². The predicted octanol–water partition coefficient (Wildman–Crippen LogP) is 4.06. The molecule has 0 aliphatic carbocycles. The molecule has 2 aromatic heterocycles. The molecule has 9 heteroatoms. The molecule has 1 fully saturated rings. The molecular formula is C22H20BrN5O3. The molecule has 2 aromatic carbocycles. The largest absolute Gasteiger partial charge is 0.376 e. The van der Waals surface area contributed by atoms with Gasteiger partial charge in [0.25, 0.3) is 5.91 Å². The van der Waals surface area contributed by atoms with Gasteiger partial charge in [-0.25, -0.2) is 4.68 Å². The highest BCUT2D eigenvalue weighted by Gasteiger charge is 2.21. The molecule has 8 nitrogen and oxygen atoms in total. The van der Waals surface area contributed by atoms with E-state index in [1.54, 1.807) is 4.68 Å². The van der Waals surface area contributed by atoms with E-state index in [-0.39, 0.29) is 12.0 Å². The Morgan fingerprint density at radius 1 is 1.26 bits per heavy atom. The first-order valence-corrected chi connectivity index (χ1v) is 10.9. The maximum atomic E-state index is 12.6. The highest BCUT2D eigenvalue weighted by atomic mass is 79.9.